The molecule has 1 aromatic carbocycles. The van der Waals surface area contributed by atoms with E-state index in [1.54, 1.807) is 19.2 Å². The lowest BCUT2D eigenvalue weighted by Gasteiger charge is -2.20. The van der Waals surface area contributed by atoms with Crippen LogP contribution >= 0.6 is 23.4 Å². The van der Waals surface area contributed by atoms with Crippen LogP contribution in [0, 0.1) is 0 Å². The van der Waals surface area contributed by atoms with Crippen LogP contribution < -0.4 is 14.9 Å². The predicted octanol–water partition coefficient (Wildman–Crippen LogP) is 2.99. The average molecular weight is 445 g/mol. The van der Waals surface area contributed by atoms with Gasteiger partial charge in [0, 0.05) is 12.6 Å². The third-order valence-corrected chi connectivity index (χ3v) is 5.72. The zero-order valence-corrected chi connectivity index (χ0v) is 18.2. The van der Waals surface area contributed by atoms with Crippen LogP contribution in [0.1, 0.15) is 20.8 Å². The van der Waals surface area contributed by atoms with Gasteiger partial charge in [0.25, 0.3) is 10.0 Å². The first-order chi connectivity index (χ1) is 13.2. The summed E-state index contributed by atoms with van der Waals surface area (Å²) in [5.41, 5.74) is 0. The maximum absolute atomic E-state index is 12.7. The number of rotatable bonds is 7. The Labute approximate surface area is 173 Å². The number of hydrogen-bond donors (Lipinski definition) is 2. The van der Waals surface area contributed by atoms with E-state index in [1.165, 1.54) is 30.0 Å². The Balaban J connectivity index is 2.34. The van der Waals surface area contributed by atoms with Crippen LogP contribution in [0.3, 0.4) is 0 Å². The third kappa shape index (κ3) is 5.46. The molecule has 0 spiro atoms. The van der Waals surface area contributed by atoms with Crippen molar-refractivity contribution >= 4 is 51.3 Å². The topological polar surface area (TPSA) is 117 Å². The maximum atomic E-state index is 12.7. The Morgan fingerprint density at radius 1 is 1.25 bits per heavy atom. The van der Waals surface area contributed by atoms with Crippen molar-refractivity contribution in [3.63, 3.8) is 0 Å². The average Bonchev–Trinajstić information content (AvgIpc) is 2.61. The number of thioether (sulfide) groups is 1. The van der Waals surface area contributed by atoms with Crippen LogP contribution in [0.25, 0.3) is 0 Å². The Hall–Kier alpha value is -2.11. The fourth-order valence-corrected chi connectivity index (χ4v) is 3.97. The minimum absolute atomic E-state index is 0.0131. The van der Waals surface area contributed by atoms with Crippen molar-refractivity contribution in [1.29, 1.82) is 0 Å². The van der Waals surface area contributed by atoms with E-state index >= 15 is 0 Å². The fourth-order valence-electron chi connectivity index (χ4n) is 2.14. The molecule has 9 nitrogen and oxygen atoms in total. The maximum Gasteiger partial charge on any atom is 0.338 e. The molecule has 152 valence electrons. The van der Waals surface area contributed by atoms with E-state index in [4.69, 9.17) is 11.6 Å². The lowest BCUT2D eigenvalue weighted by Crippen LogP contribution is -2.44. The van der Waals surface area contributed by atoms with E-state index in [1.807, 2.05) is 18.6 Å². The molecule has 2 N–H and O–H groups in total. The van der Waals surface area contributed by atoms with Crippen molar-refractivity contribution in [2.75, 3.05) is 23.0 Å². The number of nitrogens with one attached hydrogen (secondary N) is 2. The molecule has 12 heteroatoms. The smallest absolute Gasteiger partial charge is 0.338 e. The van der Waals surface area contributed by atoms with Crippen molar-refractivity contribution < 1.29 is 13.2 Å². The summed E-state index contributed by atoms with van der Waals surface area (Å²) in [7, 11) is -4.16. The highest BCUT2D eigenvalue weighted by Gasteiger charge is 2.26. The highest BCUT2D eigenvalue weighted by molar-refractivity contribution is 7.98. The van der Waals surface area contributed by atoms with Gasteiger partial charge in [0.2, 0.25) is 11.9 Å². The van der Waals surface area contributed by atoms with E-state index in [0.717, 1.165) is 4.90 Å². The summed E-state index contributed by atoms with van der Waals surface area (Å²) in [4.78, 5) is 26.3. The summed E-state index contributed by atoms with van der Waals surface area (Å²) in [5.74, 6) is 0.335. The van der Waals surface area contributed by atoms with Gasteiger partial charge in [-0.25, -0.2) is 17.9 Å². The van der Waals surface area contributed by atoms with Crippen molar-refractivity contribution in [2.24, 2.45) is 0 Å². The van der Waals surface area contributed by atoms with E-state index in [2.05, 4.69) is 20.3 Å². The largest absolute Gasteiger partial charge is 0.352 e. The molecule has 0 radical (unpaired) electrons. The lowest BCUT2D eigenvalue weighted by atomic mass is 10.4. The molecule has 0 fully saturated rings. The number of urea groups is 1. The molecule has 0 aliphatic heterocycles. The molecule has 0 saturated carbocycles. The Morgan fingerprint density at radius 2 is 1.93 bits per heavy atom. The first-order valence-corrected chi connectivity index (χ1v) is 11.4. The third-order valence-electron chi connectivity index (χ3n) is 3.35. The molecule has 2 amide bonds. The molecule has 0 saturated heterocycles. The van der Waals surface area contributed by atoms with Crippen molar-refractivity contribution in [2.45, 2.75) is 36.9 Å². The molecule has 2 aromatic rings. The van der Waals surface area contributed by atoms with Crippen molar-refractivity contribution in [3.05, 3.63) is 29.3 Å². The first-order valence-electron chi connectivity index (χ1n) is 8.33. The number of anilines is 2. The monoisotopic (exact) mass is 444 g/mol. The minimum atomic E-state index is -4.16. The van der Waals surface area contributed by atoms with Gasteiger partial charge in [0.15, 0.2) is 5.16 Å². The van der Waals surface area contributed by atoms with Gasteiger partial charge in [-0.05, 0) is 39.2 Å². The number of amides is 2. The van der Waals surface area contributed by atoms with Crippen LogP contribution in [0.2, 0.25) is 5.02 Å². The molecule has 0 aliphatic carbocycles. The van der Waals surface area contributed by atoms with E-state index < -0.39 is 16.1 Å². The lowest BCUT2D eigenvalue weighted by molar-refractivity contribution is 0.251. The quantitative estimate of drug-likeness (QED) is 0.626. The zero-order valence-electron chi connectivity index (χ0n) is 15.8. The summed E-state index contributed by atoms with van der Waals surface area (Å²) >= 11 is 7.22. The second-order valence-corrected chi connectivity index (χ2v) is 8.66. The molecule has 0 unspecified atom stereocenters. The zero-order chi connectivity index (χ0) is 20.9. The summed E-state index contributed by atoms with van der Waals surface area (Å²) in [6.45, 7) is 5.66. The normalized spacial score (nSPS) is 11.4. The molecule has 28 heavy (non-hydrogen) atoms. The van der Waals surface area contributed by atoms with Gasteiger partial charge < -0.3 is 5.32 Å². The molecule has 0 bridgehead atoms. The summed E-state index contributed by atoms with van der Waals surface area (Å²) in [5, 5.41) is 3.46. The van der Waals surface area contributed by atoms with Gasteiger partial charge >= 0.3 is 6.03 Å². The molecule has 1 heterocycles. The molecular formula is C16H21ClN6O3S2. The molecule has 0 atom stereocenters. The predicted molar refractivity (Wildman–Crippen MR) is 111 cm³/mol. The number of nitrogens with zero attached hydrogens (tertiary/aromatic N) is 4. The minimum Gasteiger partial charge on any atom is -0.352 e. The van der Waals surface area contributed by atoms with Crippen molar-refractivity contribution in [1.82, 2.24) is 19.7 Å². The molecule has 0 aliphatic rings. The summed E-state index contributed by atoms with van der Waals surface area (Å²) in [6, 6.07) is 5.03. The van der Waals surface area contributed by atoms with Crippen molar-refractivity contribution in [3.8, 4) is 0 Å². The molecular weight excluding hydrogens is 424 g/mol. The van der Waals surface area contributed by atoms with E-state index in [9.17, 15) is 13.2 Å². The van der Waals surface area contributed by atoms with Crippen LogP contribution in [0.4, 0.5) is 16.7 Å². The van der Waals surface area contributed by atoms with Gasteiger partial charge in [0.1, 0.15) is 4.90 Å². The Bertz CT molecular complexity index is 955. The van der Waals surface area contributed by atoms with Gasteiger partial charge in [0.05, 0.1) is 5.02 Å². The standard InChI is InChI=1S/C16H21ClN6O3S2/c1-5-23(14-19-13(18-10(2)3)20-15(21-14)27-4)16(24)22-28(25,26)12-9-7-6-8-11(12)17/h6-10H,5H2,1-4H3,(H,22,24)(H,18,19,20,21). The fraction of sp³-hybridized carbons (Fsp3) is 0.375. The molecule has 1 aromatic heterocycles. The van der Waals surface area contributed by atoms with Gasteiger partial charge in [-0.3, -0.25) is 4.90 Å². The van der Waals surface area contributed by atoms with E-state index in [0.29, 0.717) is 11.1 Å². The highest BCUT2D eigenvalue weighted by Crippen LogP contribution is 2.21. The summed E-state index contributed by atoms with van der Waals surface area (Å²) in [6.07, 6.45) is 1.79. The Morgan fingerprint density at radius 3 is 2.50 bits per heavy atom. The number of hydrogen-bond acceptors (Lipinski definition) is 8. The summed E-state index contributed by atoms with van der Waals surface area (Å²) < 4.78 is 27.1. The number of sulfonamides is 1. The second kappa shape index (κ2) is 9.39. The van der Waals surface area contributed by atoms with E-state index in [-0.39, 0.29) is 28.5 Å². The highest BCUT2D eigenvalue weighted by atomic mass is 35.5. The first kappa shape index (κ1) is 22.2. The van der Waals surface area contributed by atoms with Gasteiger partial charge in [-0.2, -0.15) is 15.0 Å². The van der Waals surface area contributed by atoms with Gasteiger partial charge in [-0.15, -0.1) is 0 Å². The SMILES string of the molecule is CCN(C(=O)NS(=O)(=O)c1ccccc1Cl)c1nc(NC(C)C)nc(SC)n1. The number of carbonyl (C=O) groups excluding carboxylic acids is 1. The second-order valence-electron chi connectivity index (χ2n) is 5.83. The number of benzene rings is 1. The molecule has 2 rings (SSSR count). The van der Waals surface area contributed by atoms with Crippen LogP contribution in [0.15, 0.2) is 34.3 Å². The number of aromatic nitrogens is 3. The van der Waals surface area contributed by atoms with Crippen LogP contribution in [-0.2, 0) is 10.0 Å². The van der Waals surface area contributed by atoms with Gasteiger partial charge in [-0.1, -0.05) is 35.5 Å². The number of carbonyl (C=O) groups is 1. The van der Waals surface area contributed by atoms with Crippen LogP contribution in [0.5, 0.6) is 0 Å². The van der Waals surface area contributed by atoms with Crippen LogP contribution in [-0.4, -0.2) is 48.2 Å². The number of halogens is 1. The Kier molecular flexibility index (Phi) is 7.44.